The second-order valence-corrected chi connectivity index (χ2v) is 6.78. The first-order valence-corrected chi connectivity index (χ1v) is 7.56. The number of amides is 2. The first-order chi connectivity index (χ1) is 8.93. The van der Waals surface area contributed by atoms with Gasteiger partial charge in [-0.25, -0.2) is 9.59 Å². The number of aliphatic carboxylic acids is 1. The number of carbonyl (C=O) groups is 2. The van der Waals surface area contributed by atoms with E-state index >= 15 is 0 Å². The molecule has 0 bridgehead atoms. The van der Waals surface area contributed by atoms with E-state index in [2.05, 4.69) is 26.6 Å². The zero-order valence-electron chi connectivity index (χ0n) is 10.8. The number of hydrogen-bond acceptors (Lipinski definition) is 3. The molecule has 0 aromatic carbocycles. The molecule has 0 aliphatic carbocycles. The van der Waals surface area contributed by atoms with Gasteiger partial charge in [0.15, 0.2) is 0 Å². The third-order valence-corrected chi connectivity index (χ3v) is 4.44. The monoisotopic (exact) mass is 348 g/mol. The maximum atomic E-state index is 11.7. The van der Waals surface area contributed by atoms with E-state index in [4.69, 9.17) is 5.11 Å². The van der Waals surface area contributed by atoms with Crippen molar-refractivity contribution in [2.45, 2.75) is 32.9 Å². The SMILES string of the molecule is CCC(C)[C@H](NC(=O)NCc1ccc(Br)s1)C(=O)O. The molecule has 2 amide bonds. The molecule has 5 nitrogen and oxygen atoms in total. The van der Waals surface area contributed by atoms with Crippen LogP contribution in [0.2, 0.25) is 0 Å². The molecule has 19 heavy (non-hydrogen) atoms. The first kappa shape index (κ1) is 16.0. The average Bonchev–Trinajstić information content (AvgIpc) is 2.78. The quantitative estimate of drug-likeness (QED) is 0.739. The van der Waals surface area contributed by atoms with Crippen LogP contribution < -0.4 is 10.6 Å². The molecule has 0 aliphatic heterocycles. The lowest BCUT2D eigenvalue weighted by molar-refractivity contribution is -0.140. The molecular formula is C12H17BrN2O3S. The zero-order chi connectivity index (χ0) is 14.4. The Bertz CT molecular complexity index is 450. The minimum atomic E-state index is -1.01. The average molecular weight is 349 g/mol. The predicted octanol–water partition coefficient (Wildman–Crippen LogP) is 2.81. The number of thiophene rings is 1. The van der Waals surface area contributed by atoms with Gasteiger partial charge in [-0.1, -0.05) is 20.3 Å². The number of carboxylic acids is 1. The van der Waals surface area contributed by atoms with E-state index in [-0.39, 0.29) is 5.92 Å². The summed E-state index contributed by atoms with van der Waals surface area (Å²) in [6.07, 6.45) is 0.690. The Hall–Kier alpha value is -1.08. The van der Waals surface area contributed by atoms with Crippen LogP contribution in [0.25, 0.3) is 0 Å². The summed E-state index contributed by atoms with van der Waals surface area (Å²) in [6.45, 7) is 4.08. The minimum absolute atomic E-state index is 0.112. The van der Waals surface area contributed by atoms with E-state index in [0.29, 0.717) is 13.0 Å². The zero-order valence-corrected chi connectivity index (χ0v) is 13.2. The normalized spacial score (nSPS) is 13.6. The summed E-state index contributed by atoms with van der Waals surface area (Å²) in [5.74, 6) is -1.12. The Balaban J connectivity index is 2.46. The van der Waals surface area contributed by atoms with Gasteiger partial charge in [-0.2, -0.15) is 0 Å². The fraction of sp³-hybridized carbons (Fsp3) is 0.500. The van der Waals surface area contributed by atoms with E-state index < -0.39 is 18.0 Å². The summed E-state index contributed by atoms with van der Waals surface area (Å²) in [4.78, 5) is 23.7. The summed E-state index contributed by atoms with van der Waals surface area (Å²) in [5.41, 5.74) is 0. The molecule has 1 unspecified atom stereocenters. The van der Waals surface area contributed by atoms with Gasteiger partial charge in [0.25, 0.3) is 0 Å². The van der Waals surface area contributed by atoms with Gasteiger partial charge in [-0.05, 0) is 34.0 Å². The molecule has 3 N–H and O–H groups in total. The van der Waals surface area contributed by atoms with E-state index in [0.717, 1.165) is 8.66 Å². The molecule has 1 aromatic rings. The highest BCUT2D eigenvalue weighted by Crippen LogP contribution is 2.21. The van der Waals surface area contributed by atoms with Gasteiger partial charge < -0.3 is 15.7 Å². The van der Waals surface area contributed by atoms with Crippen LogP contribution >= 0.6 is 27.3 Å². The minimum Gasteiger partial charge on any atom is -0.480 e. The Labute approximate surface area is 124 Å². The van der Waals surface area contributed by atoms with Gasteiger partial charge >= 0.3 is 12.0 Å². The van der Waals surface area contributed by atoms with Gasteiger partial charge in [0.05, 0.1) is 10.3 Å². The molecule has 1 heterocycles. The standard InChI is InChI=1S/C12H17BrN2O3S/c1-3-7(2)10(11(16)17)15-12(18)14-6-8-4-5-9(13)19-8/h4-5,7,10H,3,6H2,1-2H3,(H,16,17)(H2,14,15,18)/t7?,10-/m0/s1. The Morgan fingerprint density at radius 2 is 2.16 bits per heavy atom. The van der Waals surface area contributed by atoms with Crippen molar-refractivity contribution in [3.8, 4) is 0 Å². The Kier molecular flexibility index (Phi) is 6.30. The number of halogens is 1. The van der Waals surface area contributed by atoms with Gasteiger partial charge in [-0.3, -0.25) is 0 Å². The smallest absolute Gasteiger partial charge is 0.326 e. The largest absolute Gasteiger partial charge is 0.480 e. The van der Waals surface area contributed by atoms with Crippen LogP contribution in [-0.4, -0.2) is 23.1 Å². The van der Waals surface area contributed by atoms with Crippen LogP contribution in [0.15, 0.2) is 15.9 Å². The number of rotatable bonds is 6. The van der Waals surface area contributed by atoms with Crippen molar-refractivity contribution in [2.24, 2.45) is 5.92 Å². The molecule has 1 aromatic heterocycles. The number of urea groups is 1. The summed E-state index contributed by atoms with van der Waals surface area (Å²) in [5, 5.41) is 14.2. The molecule has 0 spiro atoms. The van der Waals surface area contributed by atoms with Crippen molar-refractivity contribution in [3.63, 3.8) is 0 Å². The Morgan fingerprint density at radius 3 is 2.63 bits per heavy atom. The van der Waals surface area contributed by atoms with Crippen LogP contribution in [0.1, 0.15) is 25.1 Å². The fourth-order valence-electron chi connectivity index (χ4n) is 1.49. The van der Waals surface area contributed by atoms with Gasteiger partial charge in [0.2, 0.25) is 0 Å². The van der Waals surface area contributed by atoms with Crippen molar-refractivity contribution in [3.05, 3.63) is 20.8 Å². The molecule has 0 fully saturated rings. The summed E-state index contributed by atoms with van der Waals surface area (Å²) >= 11 is 4.86. The van der Waals surface area contributed by atoms with Crippen LogP contribution in [0, 0.1) is 5.92 Å². The number of hydrogen-bond donors (Lipinski definition) is 3. The third kappa shape index (κ3) is 5.20. The van der Waals surface area contributed by atoms with Crippen molar-refractivity contribution in [2.75, 3.05) is 0 Å². The van der Waals surface area contributed by atoms with E-state index in [1.165, 1.54) is 11.3 Å². The Morgan fingerprint density at radius 1 is 1.47 bits per heavy atom. The maximum Gasteiger partial charge on any atom is 0.326 e. The summed E-state index contributed by atoms with van der Waals surface area (Å²) in [6, 6.07) is 2.48. The highest BCUT2D eigenvalue weighted by atomic mass is 79.9. The summed E-state index contributed by atoms with van der Waals surface area (Å²) in [7, 11) is 0. The highest BCUT2D eigenvalue weighted by Gasteiger charge is 2.25. The summed E-state index contributed by atoms with van der Waals surface area (Å²) < 4.78 is 0.993. The number of carbonyl (C=O) groups excluding carboxylic acids is 1. The maximum absolute atomic E-state index is 11.7. The molecule has 2 atom stereocenters. The van der Waals surface area contributed by atoms with Crippen LogP contribution in [0.4, 0.5) is 4.79 Å². The molecule has 7 heteroatoms. The second kappa shape index (κ2) is 7.49. The van der Waals surface area contributed by atoms with E-state index in [9.17, 15) is 9.59 Å². The number of carboxylic acid groups (broad SMARTS) is 1. The third-order valence-electron chi connectivity index (χ3n) is 2.82. The molecular weight excluding hydrogens is 332 g/mol. The molecule has 0 saturated heterocycles. The van der Waals surface area contributed by atoms with Crippen molar-refractivity contribution >= 4 is 39.3 Å². The van der Waals surface area contributed by atoms with Crippen molar-refractivity contribution in [1.82, 2.24) is 10.6 Å². The van der Waals surface area contributed by atoms with Crippen molar-refractivity contribution in [1.29, 1.82) is 0 Å². The van der Waals surface area contributed by atoms with E-state index in [1.807, 2.05) is 19.1 Å². The molecule has 0 saturated carbocycles. The van der Waals surface area contributed by atoms with Crippen molar-refractivity contribution < 1.29 is 14.7 Å². The molecule has 1 rings (SSSR count). The van der Waals surface area contributed by atoms with Gasteiger partial charge in [0, 0.05) is 4.88 Å². The van der Waals surface area contributed by atoms with Crippen LogP contribution in [0.5, 0.6) is 0 Å². The predicted molar refractivity (Wildman–Crippen MR) is 78.3 cm³/mol. The van der Waals surface area contributed by atoms with Crippen LogP contribution in [0.3, 0.4) is 0 Å². The molecule has 106 valence electrons. The molecule has 0 aliphatic rings. The second-order valence-electron chi connectivity index (χ2n) is 4.23. The van der Waals surface area contributed by atoms with Crippen LogP contribution in [-0.2, 0) is 11.3 Å². The van der Waals surface area contributed by atoms with E-state index in [1.54, 1.807) is 6.92 Å². The van der Waals surface area contributed by atoms with Gasteiger partial charge in [0.1, 0.15) is 6.04 Å². The fourth-order valence-corrected chi connectivity index (χ4v) is 2.91. The topological polar surface area (TPSA) is 78.4 Å². The molecule has 0 radical (unpaired) electrons. The lowest BCUT2D eigenvalue weighted by Gasteiger charge is -2.20. The highest BCUT2D eigenvalue weighted by molar-refractivity contribution is 9.11. The van der Waals surface area contributed by atoms with Gasteiger partial charge in [-0.15, -0.1) is 11.3 Å². The number of nitrogens with one attached hydrogen (secondary N) is 2. The first-order valence-electron chi connectivity index (χ1n) is 5.95. The lowest BCUT2D eigenvalue weighted by Crippen LogP contribution is -2.48. The lowest BCUT2D eigenvalue weighted by atomic mass is 9.99.